The molecule has 7 atom stereocenters. The maximum Gasteiger partial charge on any atom is 0.472 e. The number of carbonyl (C=O) groups is 4. The Hall–Kier alpha value is -1.94. The largest absolute Gasteiger partial charge is 0.472 e. The normalized spacial score (nSPS) is 14.6. The zero-order chi connectivity index (χ0) is 73.8. The van der Waals surface area contributed by atoms with Crippen LogP contribution in [0.5, 0.6) is 0 Å². The van der Waals surface area contributed by atoms with Gasteiger partial charge >= 0.3 is 39.5 Å². The first-order valence-electron chi connectivity index (χ1n) is 41.8. The predicted molar refractivity (Wildman–Crippen MR) is 409 cm³/mol. The van der Waals surface area contributed by atoms with Crippen LogP contribution >= 0.6 is 15.6 Å². The van der Waals surface area contributed by atoms with Crippen LogP contribution in [0.2, 0.25) is 0 Å². The lowest BCUT2D eigenvalue weighted by molar-refractivity contribution is -0.161. The van der Waals surface area contributed by atoms with Crippen molar-refractivity contribution in [1.82, 2.24) is 0 Å². The highest BCUT2D eigenvalue weighted by atomic mass is 31.2. The van der Waals surface area contributed by atoms with Crippen molar-refractivity contribution in [2.45, 2.75) is 433 Å². The van der Waals surface area contributed by atoms with E-state index >= 15 is 0 Å². The van der Waals surface area contributed by atoms with Gasteiger partial charge in [-0.3, -0.25) is 37.3 Å². The molecule has 0 bridgehead atoms. The van der Waals surface area contributed by atoms with Crippen LogP contribution in [0.4, 0.5) is 0 Å². The molecule has 0 fully saturated rings. The number of hydrogen-bond donors (Lipinski definition) is 3. The van der Waals surface area contributed by atoms with Gasteiger partial charge < -0.3 is 33.8 Å². The van der Waals surface area contributed by atoms with Crippen LogP contribution in [-0.2, 0) is 65.4 Å². The van der Waals surface area contributed by atoms with E-state index in [1.54, 1.807) is 0 Å². The third-order valence-corrected chi connectivity index (χ3v) is 21.4. The fourth-order valence-electron chi connectivity index (χ4n) is 12.4. The molecule has 19 heteroatoms. The first-order chi connectivity index (χ1) is 48.2. The van der Waals surface area contributed by atoms with E-state index in [0.717, 1.165) is 120 Å². The summed E-state index contributed by atoms with van der Waals surface area (Å²) in [5, 5.41) is 10.6. The average molecular weight is 1470 g/mol. The van der Waals surface area contributed by atoms with Gasteiger partial charge in [0.25, 0.3) is 0 Å². The zero-order valence-electron chi connectivity index (χ0n) is 65.8. The number of carbonyl (C=O) groups excluding carboxylic acids is 4. The Labute approximate surface area is 613 Å². The lowest BCUT2D eigenvalue weighted by Gasteiger charge is -2.21. The van der Waals surface area contributed by atoms with Gasteiger partial charge in [-0.1, -0.05) is 364 Å². The molecular weight excluding hydrogens is 1310 g/mol. The number of ether oxygens (including phenoxy) is 4. The van der Waals surface area contributed by atoms with Crippen LogP contribution in [0.15, 0.2) is 0 Å². The van der Waals surface area contributed by atoms with Crippen LogP contribution in [0, 0.1) is 23.7 Å². The Bertz CT molecular complexity index is 1960. The lowest BCUT2D eigenvalue weighted by Crippen LogP contribution is -2.30. The minimum absolute atomic E-state index is 0.104. The first-order valence-corrected chi connectivity index (χ1v) is 44.8. The van der Waals surface area contributed by atoms with E-state index in [4.69, 9.17) is 37.0 Å². The molecule has 0 rings (SSSR count). The predicted octanol–water partition coefficient (Wildman–Crippen LogP) is 24.0. The van der Waals surface area contributed by atoms with Crippen molar-refractivity contribution in [2.75, 3.05) is 39.6 Å². The smallest absolute Gasteiger partial charge is 0.462 e. The molecule has 3 N–H and O–H groups in total. The number of aliphatic hydroxyl groups excluding tert-OH is 1. The quantitative estimate of drug-likeness (QED) is 0.0222. The topological polar surface area (TPSA) is 237 Å². The maximum atomic E-state index is 13.1. The van der Waals surface area contributed by atoms with E-state index in [1.807, 2.05) is 0 Å². The van der Waals surface area contributed by atoms with Gasteiger partial charge in [0.15, 0.2) is 12.2 Å². The molecule has 4 unspecified atom stereocenters. The van der Waals surface area contributed by atoms with Crippen LogP contribution in [0.1, 0.15) is 415 Å². The monoisotopic (exact) mass is 1470 g/mol. The van der Waals surface area contributed by atoms with Crippen LogP contribution < -0.4 is 0 Å². The number of hydrogen-bond acceptors (Lipinski definition) is 15. The summed E-state index contributed by atoms with van der Waals surface area (Å²) in [6, 6.07) is 0. The molecule has 0 aromatic rings. The molecule has 594 valence electrons. The van der Waals surface area contributed by atoms with E-state index in [2.05, 4.69) is 55.4 Å². The first kappa shape index (κ1) is 98.1. The summed E-state index contributed by atoms with van der Waals surface area (Å²) in [6.07, 6.45) is 57.0. The van der Waals surface area contributed by atoms with Gasteiger partial charge in [-0.25, -0.2) is 9.13 Å². The average Bonchev–Trinajstić information content (AvgIpc) is 1.03. The van der Waals surface area contributed by atoms with Crippen LogP contribution in [-0.4, -0.2) is 96.7 Å². The summed E-state index contributed by atoms with van der Waals surface area (Å²) in [6.45, 7) is 14.3. The molecule has 0 aliphatic carbocycles. The maximum absolute atomic E-state index is 13.1. The number of phosphoric ester groups is 2. The number of rotatable bonds is 78. The fourth-order valence-corrected chi connectivity index (χ4v) is 13.9. The summed E-state index contributed by atoms with van der Waals surface area (Å²) in [5.74, 6) is 1.01. The van der Waals surface area contributed by atoms with Crippen molar-refractivity contribution in [3.63, 3.8) is 0 Å². The lowest BCUT2D eigenvalue weighted by atomic mass is 9.99. The summed E-state index contributed by atoms with van der Waals surface area (Å²) in [5.41, 5.74) is 0. The van der Waals surface area contributed by atoms with E-state index in [9.17, 15) is 43.2 Å². The molecule has 17 nitrogen and oxygen atoms in total. The van der Waals surface area contributed by atoms with Gasteiger partial charge in [-0.05, 0) is 49.4 Å². The molecular formula is C81H158O17P2. The van der Waals surface area contributed by atoms with E-state index in [1.165, 1.54) is 212 Å². The number of phosphoric acid groups is 2. The van der Waals surface area contributed by atoms with Gasteiger partial charge in [-0.2, -0.15) is 0 Å². The van der Waals surface area contributed by atoms with Crippen molar-refractivity contribution in [3.05, 3.63) is 0 Å². The van der Waals surface area contributed by atoms with Crippen molar-refractivity contribution < 1.29 is 80.2 Å². The van der Waals surface area contributed by atoms with Crippen molar-refractivity contribution in [1.29, 1.82) is 0 Å². The standard InChI is InChI=1S/C81H158O17P2/c1-9-73(7)59-51-43-35-29-23-19-15-13-11-12-14-16-20-25-31-37-47-55-63-80(85)97-76(67-91-78(83)61-53-45-36-30-24-21-17-18-22-27-33-41-49-57-71(3)4)69-95-99(87,88)93-65-75(82)66-94-100(89,90)96-70-77(68-92-79(84)62-54-46-40-39-44-52-60-74(8)10-2)98-81(86)64-56-48-38-32-26-28-34-42-50-58-72(5)6/h71-77,82H,9-70H2,1-8H3,(H,87,88)(H,89,90)/t73?,74?,75-,76-,77-/m1/s1. The third kappa shape index (κ3) is 71.7. The second-order valence-corrected chi connectivity index (χ2v) is 33.5. The molecule has 0 spiro atoms. The SMILES string of the molecule is CCC(C)CCCCCCCCCCCCCCCCCCCCC(=O)O[C@H](COC(=O)CCCCCCCCCCCCCCCC(C)C)COP(=O)(O)OC[C@@H](O)COP(=O)(O)OC[C@@H](COC(=O)CCCCCCCCC(C)CC)OC(=O)CCCCCCCCCCCC(C)C. The Morgan fingerprint density at radius 1 is 0.280 bits per heavy atom. The fraction of sp³-hybridized carbons (Fsp3) is 0.951. The molecule has 0 aliphatic rings. The van der Waals surface area contributed by atoms with Crippen molar-refractivity contribution >= 4 is 39.5 Å². The minimum Gasteiger partial charge on any atom is -0.462 e. The molecule has 0 aliphatic heterocycles. The number of aliphatic hydroxyl groups is 1. The van der Waals surface area contributed by atoms with Crippen molar-refractivity contribution in [3.8, 4) is 0 Å². The molecule has 0 saturated heterocycles. The summed E-state index contributed by atoms with van der Waals surface area (Å²) >= 11 is 0. The molecule has 0 heterocycles. The number of unbranched alkanes of at least 4 members (excludes halogenated alkanes) is 42. The molecule has 0 aromatic carbocycles. The van der Waals surface area contributed by atoms with Gasteiger partial charge in [0.05, 0.1) is 26.4 Å². The van der Waals surface area contributed by atoms with Gasteiger partial charge in [0.2, 0.25) is 0 Å². The zero-order valence-corrected chi connectivity index (χ0v) is 67.6. The molecule has 0 amide bonds. The second-order valence-electron chi connectivity index (χ2n) is 30.6. The van der Waals surface area contributed by atoms with E-state index in [-0.39, 0.29) is 25.7 Å². The van der Waals surface area contributed by atoms with Crippen molar-refractivity contribution in [2.24, 2.45) is 23.7 Å². The highest BCUT2D eigenvalue weighted by Gasteiger charge is 2.30. The summed E-state index contributed by atoms with van der Waals surface area (Å²) in [7, 11) is -9.92. The van der Waals surface area contributed by atoms with Gasteiger partial charge in [0.1, 0.15) is 19.3 Å². The molecule has 0 aromatic heterocycles. The van der Waals surface area contributed by atoms with Gasteiger partial charge in [0, 0.05) is 25.7 Å². The van der Waals surface area contributed by atoms with Crippen LogP contribution in [0.3, 0.4) is 0 Å². The molecule has 100 heavy (non-hydrogen) atoms. The molecule has 0 saturated carbocycles. The van der Waals surface area contributed by atoms with Crippen LogP contribution in [0.25, 0.3) is 0 Å². The Balaban J connectivity index is 5.22. The Kier molecular flexibility index (Phi) is 68.7. The Morgan fingerprint density at radius 3 is 0.710 bits per heavy atom. The van der Waals surface area contributed by atoms with E-state index < -0.39 is 97.5 Å². The second kappa shape index (κ2) is 70.1. The highest BCUT2D eigenvalue weighted by molar-refractivity contribution is 7.47. The van der Waals surface area contributed by atoms with E-state index in [0.29, 0.717) is 25.7 Å². The number of esters is 4. The summed E-state index contributed by atoms with van der Waals surface area (Å²) in [4.78, 5) is 73.0. The third-order valence-electron chi connectivity index (χ3n) is 19.5. The summed E-state index contributed by atoms with van der Waals surface area (Å²) < 4.78 is 68.7. The Morgan fingerprint density at radius 2 is 0.480 bits per heavy atom. The molecule has 0 radical (unpaired) electrons. The highest BCUT2D eigenvalue weighted by Crippen LogP contribution is 2.45. The minimum atomic E-state index is -4.96. The van der Waals surface area contributed by atoms with Gasteiger partial charge in [-0.15, -0.1) is 0 Å².